The quantitative estimate of drug-likeness (QED) is 0.155. The minimum absolute atomic E-state index is 1.10. The van der Waals surface area contributed by atoms with E-state index in [-0.39, 0.29) is 0 Å². The normalized spacial score (nSPS) is 11.1. The molecule has 0 atom stereocenters. The van der Waals surface area contributed by atoms with Crippen LogP contribution in [0.2, 0.25) is 0 Å². The highest BCUT2D eigenvalue weighted by Gasteiger charge is 2.15. The largest absolute Gasteiger partial charge is 0.310 e. The second-order valence-corrected chi connectivity index (χ2v) is 13.0. The number of fused-ring (bicyclic) bond motifs is 3. The maximum Gasteiger partial charge on any atom is 0.0467 e. The Morgan fingerprint density at radius 2 is 0.667 bits per heavy atom. The molecule has 1 nitrogen and oxygen atoms in total. The highest BCUT2D eigenvalue weighted by Crippen LogP contribution is 2.40. The molecule has 0 aliphatic rings. The van der Waals surface area contributed by atoms with E-state index < -0.39 is 0 Å². The van der Waals surface area contributed by atoms with Crippen LogP contribution < -0.4 is 4.90 Å². The third kappa shape index (κ3) is 5.96. The maximum absolute atomic E-state index is 2.36. The molecule has 0 amide bonds. The third-order valence-corrected chi connectivity index (χ3v) is 9.87. The van der Waals surface area contributed by atoms with Crippen LogP contribution >= 0.6 is 0 Å². The lowest BCUT2D eigenvalue weighted by Gasteiger charge is -2.26. The summed E-state index contributed by atoms with van der Waals surface area (Å²) in [5, 5.41) is 5.09. The summed E-state index contributed by atoms with van der Waals surface area (Å²) in [6.07, 6.45) is 0. The SMILES string of the molecule is c1ccc(-c2ccc(-c3cccc(N(c4ccc(-c5ccccc5)cc4)c4ccc(-c5cc6ccccc6c6ccccc56)cc4)c3)cc2)cc1. The summed E-state index contributed by atoms with van der Waals surface area (Å²) in [4.78, 5) is 2.36. The standard InChI is InChI=1S/C50H35N/c1-3-12-36(13-4-1)38-22-24-40(25-23-38)42-17-11-18-46(34-42)51(44-30-26-39(27-31-44)37-14-5-2-6-15-37)45-32-28-41(29-33-45)50-35-43-16-7-8-19-47(43)48-20-9-10-21-49(48)50/h1-35H. The summed E-state index contributed by atoms with van der Waals surface area (Å²) in [5.41, 5.74) is 13.0. The monoisotopic (exact) mass is 649 g/mol. The van der Waals surface area contributed by atoms with E-state index in [9.17, 15) is 0 Å². The molecule has 0 saturated carbocycles. The zero-order chi connectivity index (χ0) is 34.0. The van der Waals surface area contributed by atoms with Crippen molar-refractivity contribution in [2.45, 2.75) is 0 Å². The van der Waals surface area contributed by atoms with Gasteiger partial charge in [0.15, 0.2) is 0 Å². The first-order valence-electron chi connectivity index (χ1n) is 17.5. The highest BCUT2D eigenvalue weighted by atomic mass is 15.1. The van der Waals surface area contributed by atoms with Crippen LogP contribution in [0.1, 0.15) is 0 Å². The van der Waals surface area contributed by atoms with E-state index in [2.05, 4.69) is 217 Å². The van der Waals surface area contributed by atoms with Crippen molar-refractivity contribution in [3.05, 3.63) is 212 Å². The van der Waals surface area contributed by atoms with Crippen LogP contribution in [0.5, 0.6) is 0 Å². The predicted molar refractivity (Wildman–Crippen MR) is 218 cm³/mol. The lowest BCUT2D eigenvalue weighted by molar-refractivity contribution is 1.28. The van der Waals surface area contributed by atoms with Gasteiger partial charge < -0.3 is 4.90 Å². The van der Waals surface area contributed by atoms with Crippen LogP contribution in [0.3, 0.4) is 0 Å². The van der Waals surface area contributed by atoms with Gasteiger partial charge in [0.05, 0.1) is 0 Å². The summed E-state index contributed by atoms with van der Waals surface area (Å²) in [6, 6.07) is 76.6. The van der Waals surface area contributed by atoms with Gasteiger partial charge in [0.25, 0.3) is 0 Å². The molecule has 0 saturated heterocycles. The Kier molecular flexibility index (Phi) is 7.92. The fourth-order valence-corrected chi connectivity index (χ4v) is 7.27. The van der Waals surface area contributed by atoms with Crippen molar-refractivity contribution < 1.29 is 0 Å². The Bertz CT molecular complexity index is 2590. The number of hydrogen-bond donors (Lipinski definition) is 0. The third-order valence-electron chi connectivity index (χ3n) is 9.87. The van der Waals surface area contributed by atoms with E-state index >= 15 is 0 Å². The second kappa shape index (κ2) is 13.3. The Morgan fingerprint density at radius 3 is 1.27 bits per heavy atom. The van der Waals surface area contributed by atoms with Crippen molar-refractivity contribution in [2.24, 2.45) is 0 Å². The summed E-state index contributed by atoms with van der Waals surface area (Å²) in [7, 11) is 0. The average molecular weight is 650 g/mol. The van der Waals surface area contributed by atoms with Gasteiger partial charge in [-0.3, -0.25) is 0 Å². The highest BCUT2D eigenvalue weighted by molar-refractivity contribution is 6.13. The first-order valence-corrected chi connectivity index (χ1v) is 17.5. The van der Waals surface area contributed by atoms with Crippen LogP contribution in [0.15, 0.2) is 212 Å². The van der Waals surface area contributed by atoms with E-state index in [0.717, 1.165) is 17.1 Å². The maximum atomic E-state index is 2.36. The molecule has 0 radical (unpaired) electrons. The van der Waals surface area contributed by atoms with E-state index in [4.69, 9.17) is 0 Å². The molecule has 51 heavy (non-hydrogen) atoms. The van der Waals surface area contributed by atoms with Crippen LogP contribution in [0.25, 0.3) is 66.1 Å². The summed E-state index contributed by atoms with van der Waals surface area (Å²) < 4.78 is 0. The molecular formula is C50H35N. The van der Waals surface area contributed by atoms with Crippen LogP contribution in [0.4, 0.5) is 17.1 Å². The van der Waals surface area contributed by atoms with E-state index in [1.54, 1.807) is 0 Å². The van der Waals surface area contributed by atoms with Gasteiger partial charge in [-0.1, -0.05) is 170 Å². The number of benzene rings is 9. The van der Waals surface area contributed by atoms with Crippen molar-refractivity contribution in [3.63, 3.8) is 0 Å². The lowest BCUT2D eigenvalue weighted by Crippen LogP contribution is -2.10. The zero-order valence-electron chi connectivity index (χ0n) is 28.2. The predicted octanol–water partition coefficient (Wildman–Crippen LogP) is 14.1. The minimum Gasteiger partial charge on any atom is -0.310 e. The number of rotatable bonds is 7. The molecule has 9 rings (SSSR count). The Balaban J connectivity index is 1.12. The van der Waals surface area contributed by atoms with Gasteiger partial charge in [0.2, 0.25) is 0 Å². The number of anilines is 3. The van der Waals surface area contributed by atoms with Crippen molar-refractivity contribution in [3.8, 4) is 44.5 Å². The molecule has 0 unspecified atom stereocenters. The van der Waals surface area contributed by atoms with Gasteiger partial charge in [-0.25, -0.2) is 0 Å². The molecule has 1 heteroatoms. The Morgan fingerprint density at radius 1 is 0.235 bits per heavy atom. The smallest absolute Gasteiger partial charge is 0.0467 e. The van der Waals surface area contributed by atoms with Crippen molar-refractivity contribution in [1.29, 1.82) is 0 Å². The van der Waals surface area contributed by atoms with Crippen LogP contribution in [-0.4, -0.2) is 0 Å². The first kappa shape index (κ1) is 30.4. The fourth-order valence-electron chi connectivity index (χ4n) is 7.27. The fraction of sp³-hybridized carbons (Fsp3) is 0. The van der Waals surface area contributed by atoms with Gasteiger partial charge in [-0.05, 0) is 109 Å². The average Bonchev–Trinajstić information content (AvgIpc) is 3.22. The van der Waals surface area contributed by atoms with E-state index in [1.807, 2.05) is 0 Å². The van der Waals surface area contributed by atoms with Gasteiger partial charge in [0.1, 0.15) is 0 Å². The van der Waals surface area contributed by atoms with Gasteiger partial charge in [-0.15, -0.1) is 0 Å². The molecule has 9 aromatic rings. The van der Waals surface area contributed by atoms with E-state index in [0.29, 0.717) is 0 Å². The van der Waals surface area contributed by atoms with E-state index in [1.165, 1.54) is 66.1 Å². The van der Waals surface area contributed by atoms with Gasteiger partial charge in [0, 0.05) is 17.1 Å². The molecular weight excluding hydrogens is 615 g/mol. The molecule has 0 N–H and O–H groups in total. The van der Waals surface area contributed by atoms with Crippen molar-refractivity contribution in [2.75, 3.05) is 4.90 Å². The molecule has 0 aromatic heterocycles. The Hall–Kier alpha value is -6.70. The molecule has 0 bridgehead atoms. The summed E-state index contributed by atoms with van der Waals surface area (Å²) >= 11 is 0. The number of hydrogen-bond acceptors (Lipinski definition) is 1. The second-order valence-electron chi connectivity index (χ2n) is 13.0. The summed E-state index contributed by atoms with van der Waals surface area (Å²) in [6.45, 7) is 0. The molecule has 9 aromatic carbocycles. The van der Waals surface area contributed by atoms with Crippen LogP contribution in [0, 0.1) is 0 Å². The molecule has 0 aliphatic carbocycles. The van der Waals surface area contributed by atoms with Crippen molar-refractivity contribution in [1.82, 2.24) is 0 Å². The molecule has 0 fully saturated rings. The lowest BCUT2D eigenvalue weighted by atomic mass is 9.93. The number of nitrogens with zero attached hydrogens (tertiary/aromatic N) is 1. The molecule has 0 heterocycles. The molecule has 240 valence electrons. The van der Waals surface area contributed by atoms with Gasteiger partial charge >= 0.3 is 0 Å². The Labute approximate surface area is 299 Å². The zero-order valence-corrected chi connectivity index (χ0v) is 28.2. The van der Waals surface area contributed by atoms with Crippen molar-refractivity contribution >= 4 is 38.6 Å². The topological polar surface area (TPSA) is 3.24 Å². The first-order chi connectivity index (χ1) is 25.3. The summed E-state index contributed by atoms with van der Waals surface area (Å²) in [5.74, 6) is 0. The molecule has 0 aliphatic heterocycles. The van der Waals surface area contributed by atoms with Crippen LogP contribution in [-0.2, 0) is 0 Å². The minimum atomic E-state index is 1.10. The molecule has 0 spiro atoms. The van der Waals surface area contributed by atoms with Gasteiger partial charge in [-0.2, -0.15) is 0 Å².